The van der Waals surface area contributed by atoms with E-state index in [2.05, 4.69) is 0 Å². The topological polar surface area (TPSA) is 125 Å². The molecule has 0 aliphatic carbocycles. The first-order valence-electron chi connectivity index (χ1n) is 5.07. The molecule has 19 heavy (non-hydrogen) atoms. The lowest BCUT2D eigenvalue weighted by atomic mass is 10.1. The van der Waals surface area contributed by atoms with Gasteiger partial charge in [-0.05, 0) is 0 Å². The number of ether oxygens (including phenoxy) is 1. The number of H-pyrrole nitrogens is 1. The van der Waals surface area contributed by atoms with Gasteiger partial charge in [0.1, 0.15) is 18.3 Å². The lowest BCUT2D eigenvalue weighted by molar-refractivity contribution is -0.131. The molecular weight excluding hydrogens is 287 g/mol. The molecule has 108 valence electrons. The summed E-state index contributed by atoms with van der Waals surface area (Å²) in [5.74, 6) is 0. The maximum absolute atomic E-state index is 12.7. The van der Waals surface area contributed by atoms with Crippen molar-refractivity contribution in [1.29, 1.82) is 0 Å². The van der Waals surface area contributed by atoms with E-state index in [1.54, 1.807) is 0 Å². The highest BCUT2D eigenvalue weighted by molar-refractivity contribution is 5.85. The Bertz CT molecular complexity index is 546. The van der Waals surface area contributed by atoms with Crippen LogP contribution in [0.15, 0.2) is 21.9 Å². The Morgan fingerprint density at radius 3 is 2.47 bits per heavy atom. The number of rotatable bonds is 2. The van der Waals surface area contributed by atoms with Crippen molar-refractivity contribution in [3.63, 3.8) is 0 Å². The molecule has 2 rings (SSSR count). The second-order valence-electron chi connectivity index (χ2n) is 3.86. The first-order chi connectivity index (χ1) is 8.41. The molecule has 1 aliphatic heterocycles. The van der Waals surface area contributed by atoms with Crippen LogP contribution in [0.5, 0.6) is 0 Å². The maximum atomic E-state index is 12.7. The molecule has 0 aromatic carbocycles. The minimum absolute atomic E-state index is 0. The van der Waals surface area contributed by atoms with Gasteiger partial charge in [-0.1, -0.05) is 0 Å². The predicted molar refractivity (Wildman–Crippen MR) is 61.6 cm³/mol. The van der Waals surface area contributed by atoms with Crippen LogP contribution in [0, 0.1) is 0 Å². The van der Waals surface area contributed by atoms with Gasteiger partial charge in [-0.25, -0.2) is 9.18 Å². The molecule has 1 saturated heterocycles. The number of nitrogens with zero attached hydrogens (tertiary/aromatic N) is 1. The summed E-state index contributed by atoms with van der Waals surface area (Å²) in [7, 11) is 0. The normalized spacial score (nSPS) is 31.8. The number of hydrogen-bond acceptors (Lipinski definition) is 6. The van der Waals surface area contributed by atoms with E-state index >= 15 is 0 Å². The van der Waals surface area contributed by atoms with E-state index in [0.29, 0.717) is 0 Å². The van der Waals surface area contributed by atoms with Crippen molar-refractivity contribution in [3.05, 3.63) is 33.1 Å². The zero-order valence-electron chi connectivity index (χ0n) is 9.34. The van der Waals surface area contributed by atoms with E-state index in [1.807, 2.05) is 4.98 Å². The third kappa shape index (κ3) is 2.85. The second-order valence-corrected chi connectivity index (χ2v) is 3.86. The highest BCUT2D eigenvalue weighted by Gasteiger charge is 2.47. The van der Waals surface area contributed by atoms with Crippen LogP contribution in [0.3, 0.4) is 0 Å². The van der Waals surface area contributed by atoms with Gasteiger partial charge >= 0.3 is 5.69 Å². The second kappa shape index (κ2) is 5.80. The van der Waals surface area contributed by atoms with Gasteiger partial charge in [0.2, 0.25) is 6.36 Å². The first-order valence-corrected chi connectivity index (χ1v) is 5.07. The lowest BCUT2D eigenvalue weighted by Crippen LogP contribution is -2.38. The molecule has 8 nitrogen and oxygen atoms in total. The molecule has 10 heteroatoms. The average molecular weight is 299 g/mol. The van der Waals surface area contributed by atoms with E-state index in [9.17, 15) is 24.2 Å². The van der Waals surface area contributed by atoms with Crippen molar-refractivity contribution >= 4 is 12.4 Å². The number of aliphatic hydroxyl groups is 3. The predicted octanol–water partition coefficient (Wildman–Crippen LogP) is -2.13. The standard InChI is InChI=1S/C9H11FN2O6.ClH/c10-7(16)6-4(14)5(15)8(18-6)12-2-1-3(13)11-9(12)17;/h1-2,4-8,14-16H,(H,11,13,17);1H/t4-,5+,6-,7?,8+;/m0./s1. The molecule has 4 N–H and O–H groups in total. The van der Waals surface area contributed by atoms with Crippen LogP contribution in [-0.4, -0.2) is 49.5 Å². The summed E-state index contributed by atoms with van der Waals surface area (Å²) in [6, 6.07) is 1.00. The van der Waals surface area contributed by atoms with Crippen molar-refractivity contribution in [3.8, 4) is 0 Å². The minimum Gasteiger partial charge on any atom is -0.387 e. The summed E-state index contributed by atoms with van der Waals surface area (Å²) in [4.78, 5) is 24.2. The third-order valence-corrected chi connectivity index (χ3v) is 2.67. The number of alkyl halides is 1. The van der Waals surface area contributed by atoms with Gasteiger partial charge in [0.05, 0.1) is 0 Å². The Balaban J connectivity index is 0.00000180. The fraction of sp³-hybridized carbons (Fsp3) is 0.556. The average Bonchev–Trinajstić information content (AvgIpc) is 2.57. The fourth-order valence-electron chi connectivity index (χ4n) is 1.77. The van der Waals surface area contributed by atoms with Gasteiger partial charge in [-0.2, -0.15) is 0 Å². The Morgan fingerprint density at radius 2 is 2.00 bits per heavy atom. The molecule has 1 fully saturated rings. The van der Waals surface area contributed by atoms with Gasteiger partial charge < -0.3 is 20.1 Å². The zero-order valence-corrected chi connectivity index (χ0v) is 10.2. The van der Waals surface area contributed by atoms with E-state index in [4.69, 9.17) is 9.84 Å². The number of nitrogens with one attached hydrogen (secondary N) is 1. The Kier molecular flexibility index (Phi) is 4.82. The number of aromatic amines is 1. The molecule has 5 atom stereocenters. The Hall–Kier alpha value is -1.26. The molecule has 0 radical (unpaired) electrons. The number of halogens is 2. The number of aliphatic hydroxyl groups excluding tert-OH is 3. The molecule has 0 bridgehead atoms. The Labute approximate surface area is 111 Å². The largest absolute Gasteiger partial charge is 0.387 e. The molecule has 0 spiro atoms. The van der Waals surface area contributed by atoms with E-state index in [1.165, 1.54) is 0 Å². The summed E-state index contributed by atoms with van der Waals surface area (Å²) in [6.07, 6.45) is -7.81. The molecular formula is C9H12ClFN2O6. The number of hydrogen-bond donors (Lipinski definition) is 4. The number of aromatic nitrogens is 2. The SMILES string of the molecule is Cl.O=c1ccn([C@@H]2O[C@H](C(O)F)[C@@H](O)[C@H]2O)c(=O)[nH]1. The highest BCUT2D eigenvalue weighted by atomic mass is 35.5. The van der Waals surface area contributed by atoms with E-state index in [0.717, 1.165) is 16.8 Å². The summed E-state index contributed by atoms with van der Waals surface area (Å²) in [5, 5.41) is 27.8. The van der Waals surface area contributed by atoms with E-state index in [-0.39, 0.29) is 12.4 Å². The van der Waals surface area contributed by atoms with Crippen molar-refractivity contribution < 1.29 is 24.4 Å². The van der Waals surface area contributed by atoms with E-state index < -0.39 is 42.1 Å². The Morgan fingerprint density at radius 1 is 1.37 bits per heavy atom. The molecule has 1 aromatic rings. The molecule has 0 amide bonds. The quantitative estimate of drug-likeness (QED) is 0.494. The monoisotopic (exact) mass is 298 g/mol. The summed E-state index contributed by atoms with van der Waals surface area (Å²) < 4.78 is 18.4. The molecule has 1 aromatic heterocycles. The van der Waals surface area contributed by atoms with Crippen LogP contribution in [0.25, 0.3) is 0 Å². The van der Waals surface area contributed by atoms with Crippen LogP contribution in [0.4, 0.5) is 4.39 Å². The molecule has 2 heterocycles. The smallest absolute Gasteiger partial charge is 0.330 e. The van der Waals surface area contributed by atoms with Crippen LogP contribution >= 0.6 is 12.4 Å². The van der Waals surface area contributed by atoms with Crippen molar-refractivity contribution in [1.82, 2.24) is 9.55 Å². The van der Waals surface area contributed by atoms with Crippen molar-refractivity contribution in [2.75, 3.05) is 0 Å². The van der Waals surface area contributed by atoms with Crippen molar-refractivity contribution in [2.45, 2.75) is 30.9 Å². The summed E-state index contributed by atoms with van der Waals surface area (Å²) >= 11 is 0. The van der Waals surface area contributed by atoms with Gasteiger partial charge in [-0.15, -0.1) is 12.4 Å². The molecule has 1 aliphatic rings. The van der Waals surface area contributed by atoms with Crippen molar-refractivity contribution in [2.24, 2.45) is 0 Å². The first kappa shape index (κ1) is 15.8. The van der Waals surface area contributed by atoms with Crippen LogP contribution in [0.2, 0.25) is 0 Å². The molecule has 0 saturated carbocycles. The van der Waals surface area contributed by atoms with Crippen LogP contribution < -0.4 is 11.2 Å². The third-order valence-electron chi connectivity index (χ3n) is 2.67. The highest BCUT2D eigenvalue weighted by Crippen LogP contribution is 2.30. The van der Waals surface area contributed by atoms with Gasteiger partial charge in [0.15, 0.2) is 6.23 Å². The summed E-state index contributed by atoms with van der Waals surface area (Å²) in [6.45, 7) is 0. The minimum atomic E-state index is -2.50. The van der Waals surface area contributed by atoms with Crippen LogP contribution in [0.1, 0.15) is 6.23 Å². The zero-order chi connectivity index (χ0) is 13.4. The van der Waals surface area contributed by atoms with Gasteiger partial charge in [0.25, 0.3) is 5.56 Å². The lowest BCUT2D eigenvalue weighted by Gasteiger charge is -2.16. The molecule has 1 unspecified atom stereocenters. The maximum Gasteiger partial charge on any atom is 0.330 e. The summed E-state index contributed by atoms with van der Waals surface area (Å²) in [5.41, 5.74) is -1.53. The van der Waals surface area contributed by atoms with Gasteiger partial charge in [-0.3, -0.25) is 14.3 Å². The van der Waals surface area contributed by atoms with Crippen LogP contribution in [-0.2, 0) is 4.74 Å². The van der Waals surface area contributed by atoms with Gasteiger partial charge in [0, 0.05) is 12.3 Å². The fourth-order valence-corrected chi connectivity index (χ4v) is 1.77.